The molecule has 0 aliphatic carbocycles. The van der Waals surface area contributed by atoms with E-state index in [0.717, 1.165) is 17.0 Å². The van der Waals surface area contributed by atoms with Gasteiger partial charge in [0.1, 0.15) is 5.76 Å². The Kier molecular flexibility index (Phi) is 4.17. The van der Waals surface area contributed by atoms with Crippen molar-refractivity contribution in [2.45, 2.75) is 39.2 Å². The fourth-order valence-corrected chi connectivity index (χ4v) is 4.33. The molecule has 1 aliphatic rings. The minimum Gasteiger partial charge on any atom is -0.361 e. The first-order chi connectivity index (χ1) is 9.30. The Bertz CT molecular complexity index is 586. The van der Waals surface area contributed by atoms with Crippen LogP contribution in [0.3, 0.4) is 0 Å². The van der Waals surface area contributed by atoms with Crippen LogP contribution >= 0.6 is 0 Å². The second kappa shape index (κ2) is 5.55. The zero-order valence-corrected chi connectivity index (χ0v) is 12.9. The van der Waals surface area contributed by atoms with Gasteiger partial charge in [0.15, 0.2) is 9.84 Å². The molecule has 1 saturated heterocycles. The van der Waals surface area contributed by atoms with E-state index < -0.39 is 9.84 Å². The summed E-state index contributed by atoms with van der Waals surface area (Å²) in [6.07, 6.45) is 1.45. The molecule has 0 saturated carbocycles. The van der Waals surface area contributed by atoms with Crippen molar-refractivity contribution in [1.29, 1.82) is 0 Å². The summed E-state index contributed by atoms with van der Waals surface area (Å²) >= 11 is 0. The molecule has 7 heteroatoms. The monoisotopic (exact) mass is 300 g/mol. The molecule has 1 amide bonds. The van der Waals surface area contributed by atoms with E-state index in [-0.39, 0.29) is 23.5 Å². The maximum absolute atomic E-state index is 12.1. The highest BCUT2D eigenvalue weighted by Crippen LogP contribution is 2.19. The van der Waals surface area contributed by atoms with E-state index in [2.05, 4.69) is 5.16 Å². The lowest BCUT2D eigenvalue weighted by atomic mass is 10.1. The molecule has 1 aromatic heterocycles. The Morgan fingerprint density at radius 1 is 1.45 bits per heavy atom. The van der Waals surface area contributed by atoms with Crippen LogP contribution in [0.1, 0.15) is 29.9 Å². The number of aromatic nitrogens is 1. The first-order valence-corrected chi connectivity index (χ1v) is 8.50. The number of rotatable bonds is 4. The zero-order valence-electron chi connectivity index (χ0n) is 12.0. The van der Waals surface area contributed by atoms with Crippen molar-refractivity contribution in [3.63, 3.8) is 0 Å². The molecule has 0 radical (unpaired) electrons. The van der Waals surface area contributed by atoms with E-state index in [1.54, 1.807) is 11.9 Å². The third kappa shape index (κ3) is 3.20. The Balaban J connectivity index is 1.92. The average molecular weight is 300 g/mol. The van der Waals surface area contributed by atoms with Gasteiger partial charge in [0.2, 0.25) is 5.91 Å². The summed E-state index contributed by atoms with van der Waals surface area (Å²) in [6, 6.07) is -0.183. The van der Waals surface area contributed by atoms with Gasteiger partial charge in [-0.25, -0.2) is 8.42 Å². The van der Waals surface area contributed by atoms with Crippen LogP contribution < -0.4 is 0 Å². The van der Waals surface area contributed by atoms with Gasteiger partial charge in [0.25, 0.3) is 0 Å². The molecule has 20 heavy (non-hydrogen) atoms. The summed E-state index contributed by atoms with van der Waals surface area (Å²) in [6.45, 7) is 3.68. The van der Waals surface area contributed by atoms with Crippen molar-refractivity contribution in [3.8, 4) is 0 Å². The Morgan fingerprint density at radius 2 is 2.15 bits per heavy atom. The molecule has 0 spiro atoms. The third-order valence-electron chi connectivity index (χ3n) is 3.92. The molecule has 2 heterocycles. The number of aryl methyl sites for hydroxylation is 2. The first kappa shape index (κ1) is 15.0. The van der Waals surface area contributed by atoms with Crippen LogP contribution in [-0.2, 0) is 21.1 Å². The predicted octanol–water partition coefficient (Wildman–Crippen LogP) is 0.870. The lowest BCUT2D eigenvalue weighted by Gasteiger charge is -2.23. The van der Waals surface area contributed by atoms with Crippen molar-refractivity contribution >= 4 is 15.7 Å². The predicted molar refractivity (Wildman–Crippen MR) is 74.1 cm³/mol. The molecule has 1 aromatic rings. The van der Waals surface area contributed by atoms with Crippen LogP contribution in [-0.4, -0.2) is 49.0 Å². The Labute approximate surface area is 119 Å². The van der Waals surface area contributed by atoms with Gasteiger partial charge in [-0.3, -0.25) is 4.79 Å². The molecule has 112 valence electrons. The highest BCUT2D eigenvalue weighted by atomic mass is 32.2. The molecule has 0 aromatic carbocycles. The number of carbonyl (C=O) groups is 1. The summed E-state index contributed by atoms with van der Waals surface area (Å²) in [4.78, 5) is 13.7. The molecule has 0 N–H and O–H groups in total. The second-order valence-corrected chi connectivity index (χ2v) is 7.59. The quantitative estimate of drug-likeness (QED) is 0.824. The van der Waals surface area contributed by atoms with Crippen LogP contribution in [0.2, 0.25) is 0 Å². The van der Waals surface area contributed by atoms with E-state index in [1.807, 2.05) is 13.8 Å². The SMILES string of the molecule is Cc1noc(C)c1CCC(=O)N(C)[C@@H]1CCS(=O)(=O)C1. The van der Waals surface area contributed by atoms with Crippen molar-refractivity contribution < 1.29 is 17.7 Å². The summed E-state index contributed by atoms with van der Waals surface area (Å²) in [7, 11) is -1.28. The number of amides is 1. The topological polar surface area (TPSA) is 80.5 Å². The summed E-state index contributed by atoms with van der Waals surface area (Å²) in [5, 5.41) is 3.86. The van der Waals surface area contributed by atoms with Gasteiger partial charge in [-0.2, -0.15) is 0 Å². The van der Waals surface area contributed by atoms with Gasteiger partial charge in [0.05, 0.1) is 17.2 Å². The van der Waals surface area contributed by atoms with E-state index >= 15 is 0 Å². The highest BCUT2D eigenvalue weighted by Gasteiger charge is 2.32. The van der Waals surface area contributed by atoms with Gasteiger partial charge in [-0.05, 0) is 26.7 Å². The summed E-state index contributed by atoms with van der Waals surface area (Å²) in [5.41, 5.74) is 1.77. The molecular formula is C13H20N2O4S. The van der Waals surface area contributed by atoms with E-state index in [4.69, 9.17) is 4.52 Å². The number of sulfone groups is 1. The fraction of sp³-hybridized carbons (Fsp3) is 0.692. The van der Waals surface area contributed by atoms with Gasteiger partial charge in [-0.1, -0.05) is 5.16 Å². The van der Waals surface area contributed by atoms with Gasteiger partial charge in [0, 0.05) is 25.1 Å². The van der Waals surface area contributed by atoms with Crippen molar-refractivity contribution in [1.82, 2.24) is 10.1 Å². The zero-order chi connectivity index (χ0) is 14.9. The maximum atomic E-state index is 12.1. The van der Waals surface area contributed by atoms with E-state index in [0.29, 0.717) is 19.3 Å². The lowest BCUT2D eigenvalue weighted by molar-refractivity contribution is -0.131. The van der Waals surface area contributed by atoms with Gasteiger partial charge < -0.3 is 9.42 Å². The third-order valence-corrected chi connectivity index (χ3v) is 5.67. The largest absolute Gasteiger partial charge is 0.361 e. The van der Waals surface area contributed by atoms with E-state index in [9.17, 15) is 13.2 Å². The molecule has 0 bridgehead atoms. The Hall–Kier alpha value is -1.37. The highest BCUT2D eigenvalue weighted by molar-refractivity contribution is 7.91. The standard InChI is InChI=1S/C13H20N2O4S/c1-9-12(10(2)19-14-9)4-5-13(16)15(3)11-6-7-20(17,18)8-11/h11H,4-8H2,1-3H3/t11-/m1/s1. The molecule has 6 nitrogen and oxygen atoms in total. The second-order valence-electron chi connectivity index (χ2n) is 5.36. The fourth-order valence-electron chi connectivity index (χ4n) is 2.55. The lowest BCUT2D eigenvalue weighted by Crippen LogP contribution is -2.37. The van der Waals surface area contributed by atoms with Crippen LogP contribution in [0.15, 0.2) is 4.52 Å². The normalized spacial score (nSPS) is 21.1. The minimum atomic E-state index is -2.96. The van der Waals surface area contributed by atoms with Crippen LogP contribution in [0.5, 0.6) is 0 Å². The smallest absolute Gasteiger partial charge is 0.222 e. The maximum Gasteiger partial charge on any atom is 0.222 e. The number of nitrogens with zero attached hydrogens (tertiary/aromatic N) is 2. The van der Waals surface area contributed by atoms with Gasteiger partial charge >= 0.3 is 0 Å². The van der Waals surface area contributed by atoms with Crippen LogP contribution in [0.25, 0.3) is 0 Å². The van der Waals surface area contributed by atoms with Crippen LogP contribution in [0.4, 0.5) is 0 Å². The van der Waals surface area contributed by atoms with Gasteiger partial charge in [-0.15, -0.1) is 0 Å². The molecule has 0 unspecified atom stereocenters. The number of hydrogen-bond acceptors (Lipinski definition) is 5. The van der Waals surface area contributed by atoms with Crippen molar-refractivity contribution in [2.75, 3.05) is 18.6 Å². The average Bonchev–Trinajstić information content (AvgIpc) is 2.89. The van der Waals surface area contributed by atoms with Crippen molar-refractivity contribution in [3.05, 3.63) is 17.0 Å². The number of hydrogen-bond donors (Lipinski definition) is 0. The van der Waals surface area contributed by atoms with Crippen molar-refractivity contribution in [2.24, 2.45) is 0 Å². The molecule has 1 aliphatic heterocycles. The van der Waals surface area contributed by atoms with E-state index in [1.165, 1.54) is 0 Å². The molecule has 1 atom stereocenters. The minimum absolute atomic E-state index is 0.0351. The van der Waals surface area contributed by atoms with Crippen LogP contribution in [0, 0.1) is 13.8 Å². The molecular weight excluding hydrogens is 280 g/mol. The first-order valence-electron chi connectivity index (χ1n) is 6.68. The number of carbonyl (C=O) groups excluding carboxylic acids is 1. The molecule has 1 fully saturated rings. The summed E-state index contributed by atoms with van der Waals surface area (Å²) < 4.78 is 27.9. The summed E-state index contributed by atoms with van der Waals surface area (Å²) in [5.74, 6) is 0.966. The molecule has 2 rings (SSSR count). The Morgan fingerprint density at radius 3 is 2.65 bits per heavy atom.